The van der Waals surface area contributed by atoms with Gasteiger partial charge in [0, 0.05) is 46.0 Å². The monoisotopic (exact) mass is 640 g/mol. The SMILES string of the molecule is Cc1ccccc1C(C)(C)c1cccc(CC(C)(c2c(C)ccc3c2oc2c3ccc3ccc4ccccc4c32)c2cccc[n+]2C)[n+]1C. The molecule has 8 aromatic rings. The Bertz CT molecular complexity index is 2570. The molecule has 0 bridgehead atoms. The molecule has 3 heteroatoms. The van der Waals surface area contributed by atoms with Gasteiger partial charge < -0.3 is 4.42 Å². The number of aromatic nitrogens is 2. The first-order valence-corrected chi connectivity index (χ1v) is 17.4. The molecule has 0 amide bonds. The predicted molar refractivity (Wildman–Crippen MR) is 202 cm³/mol. The number of pyridine rings is 2. The molecule has 0 N–H and O–H groups in total. The van der Waals surface area contributed by atoms with E-state index in [0.29, 0.717) is 0 Å². The molecule has 242 valence electrons. The minimum atomic E-state index is -0.422. The molecule has 0 aliphatic heterocycles. The van der Waals surface area contributed by atoms with Gasteiger partial charge in [-0.3, -0.25) is 0 Å². The molecule has 0 aliphatic carbocycles. The maximum absolute atomic E-state index is 7.19. The van der Waals surface area contributed by atoms with Crippen molar-refractivity contribution >= 4 is 43.5 Å². The molecule has 0 saturated heterocycles. The summed E-state index contributed by atoms with van der Waals surface area (Å²) in [6.45, 7) is 11.6. The number of hydrogen-bond acceptors (Lipinski definition) is 1. The highest BCUT2D eigenvalue weighted by atomic mass is 16.3. The highest BCUT2D eigenvalue weighted by Crippen LogP contribution is 2.45. The van der Waals surface area contributed by atoms with E-state index in [0.717, 1.165) is 28.4 Å². The van der Waals surface area contributed by atoms with Gasteiger partial charge in [0.2, 0.25) is 0 Å². The second kappa shape index (κ2) is 11.4. The van der Waals surface area contributed by atoms with Gasteiger partial charge in [0.25, 0.3) is 0 Å². The summed E-state index contributed by atoms with van der Waals surface area (Å²) in [6.07, 6.45) is 2.96. The number of hydrogen-bond donors (Lipinski definition) is 0. The highest BCUT2D eigenvalue weighted by Gasteiger charge is 2.43. The van der Waals surface area contributed by atoms with Crippen molar-refractivity contribution in [2.24, 2.45) is 14.1 Å². The van der Waals surface area contributed by atoms with Crippen LogP contribution in [0.1, 0.15) is 60.1 Å². The Morgan fingerprint density at radius 1 is 0.571 bits per heavy atom. The average molecular weight is 641 g/mol. The van der Waals surface area contributed by atoms with Crippen LogP contribution in [-0.4, -0.2) is 0 Å². The molecule has 3 aromatic heterocycles. The Kier molecular flexibility index (Phi) is 7.22. The quantitative estimate of drug-likeness (QED) is 0.131. The summed E-state index contributed by atoms with van der Waals surface area (Å²) in [5, 5.41) is 7.14. The number of rotatable bonds is 6. The number of fused-ring (bicyclic) bond motifs is 7. The molecule has 0 saturated carbocycles. The molecule has 3 heterocycles. The Morgan fingerprint density at radius 2 is 1.24 bits per heavy atom. The first kappa shape index (κ1) is 31.0. The summed E-state index contributed by atoms with van der Waals surface area (Å²) < 4.78 is 11.9. The molecule has 1 atom stereocenters. The standard InChI is InChI=1S/C46H44N2O/c1-30-15-8-11-19-38(30)45(3,4)39-21-14-17-34(48(39)7)29-46(5,40-20-12-13-28-47(40)6)42-31(2)22-26-37-36-27-25-33-24-23-32-16-9-10-18-35(32)41(33)43(36)49-44(37)42/h8-28H,29H2,1-7H3/q+2. The van der Waals surface area contributed by atoms with Gasteiger partial charge in [-0.2, -0.15) is 0 Å². The lowest BCUT2D eigenvalue weighted by atomic mass is 9.72. The van der Waals surface area contributed by atoms with Crippen molar-refractivity contribution in [1.82, 2.24) is 0 Å². The molecule has 0 fully saturated rings. The molecular formula is C46H44N2O+2. The van der Waals surface area contributed by atoms with Crippen molar-refractivity contribution in [3.05, 3.63) is 167 Å². The second-order valence-electron chi connectivity index (χ2n) is 14.7. The van der Waals surface area contributed by atoms with E-state index in [1.54, 1.807) is 0 Å². The Morgan fingerprint density at radius 3 is 2.06 bits per heavy atom. The van der Waals surface area contributed by atoms with Crippen LogP contribution in [0.5, 0.6) is 0 Å². The van der Waals surface area contributed by atoms with Crippen LogP contribution in [0.4, 0.5) is 0 Å². The molecule has 0 aliphatic rings. The molecule has 8 rings (SSSR count). The van der Waals surface area contributed by atoms with E-state index in [4.69, 9.17) is 4.42 Å². The third kappa shape index (κ3) is 4.78. The van der Waals surface area contributed by atoms with Crippen molar-refractivity contribution < 1.29 is 13.6 Å². The molecule has 49 heavy (non-hydrogen) atoms. The fourth-order valence-corrected chi connectivity index (χ4v) is 8.78. The lowest BCUT2D eigenvalue weighted by molar-refractivity contribution is -0.692. The van der Waals surface area contributed by atoms with Gasteiger partial charge in [-0.15, -0.1) is 0 Å². The summed E-state index contributed by atoms with van der Waals surface area (Å²) in [7, 11) is 4.40. The van der Waals surface area contributed by atoms with Crippen molar-refractivity contribution in [2.45, 2.75) is 51.9 Å². The Hall–Kier alpha value is -5.28. The number of aryl methyl sites for hydroxylation is 3. The fourth-order valence-electron chi connectivity index (χ4n) is 8.78. The van der Waals surface area contributed by atoms with Gasteiger partial charge in [-0.1, -0.05) is 84.9 Å². The molecule has 3 nitrogen and oxygen atoms in total. The van der Waals surface area contributed by atoms with Crippen LogP contribution in [-0.2, 0) is 31.3 Å². The third-order valence-electron chi connectivity index (χ3n) is 11.2. The first-order chi connectivity index (χ1) is 23.6. The number of nitrogens with zero attached hydrogens (tertiary/aromatic N) is 2. The minimum Gasteiger partial charge on any atom is -0.455 e. The van der Waals surface area contributed by atoms with E-state index in [2.05, 4.69) is 185 Å². The van der Waals surface area contributed by atoms with Crippen LogP contribution < -0.4 is 9.13 Å². The molecule has 5 aromatic carbocycles. The zero-order valence-corrected chi connectivity index (χ0v) is 29.6. The number of furan rings is 1. The molecule has 1 unspecified atom stereocenters. The van der Waals surface area contributed by atoms with Gasteiger partial charge in [0.15, 0.2) is 23.3 Å². The van der Waals surface area contributed by atoms with Crippen molar-refractivity contribution in [3.63, 3.8) is 0 Å². The van der Waals surface area contributed by atoms with E-state index in [-0.39, 0.29) is 5.41 Å². The van der Waals surface area contributed by atoms with Crippen molar-refractivity contribution in [3.8, 4) is 0 Å². The second-order valence-corrected chi connectivity index (χ2v) is 14.7. The minimum absolute atomic E-state index is 0.178. The van der Waals surface area contributed by atoms with Gasteiger partial charge in [0.05, 0.1) is 17.3 Å². The topological polar surface area (TPSA) is 20.9 Å². The van der Waals surface area contributed by atoms with E-state index in [1.807, 2.05) is 0 Å². The zero-order chi connectivity index (χ0) is 34.1. The summed E-state index contributed by atoms with van der Waals surface area (Å²) in [6, 6.07) is 44.3. The van der Waals surface area contributed by atoms with Crippen LogP contribution >= 0.6 is 0 Å². The van der Waals surface area contributed by atoms with Crippen LogP contribution in [0.2, 0.25) is 0 Å². The largest absolute Gasteiger partial charge is 0.455 e. The van der Waals surface area contributed by atoms with Crippen LogP contribution in [0.3, 0.4) is 0 Å². The normalized spacial score (nSPS) is 13.4. The lowest BCUT2D eigenvalue weighted by Gasteiger charge is -2.30. The van der Waals surface area contributed by atoms with E-state index in [9.17, 15) is 0 Å². The maximum atomic E-state index is 7.19. The summed E-state index contributed by atoms with van der Waals surface area (Å²) in [4.78, 5) is 0. The van der Waals surface area contributed by atoms with Crippen LogP contribution in [0.15, 0.2) is 132 Å². The summed E-state index contributed by atoms with van der Waals surface area (Å²) >= 11 is 0. The molecule has 0 radical (unpaired) electrons. The van der Waals surface area contributed by atoms with Crippen molar-refractivity contribution in [2.75, 3.05) is 0 Å². The summed E-state index contributed by atoms with van der Waals surface area (Å²) in [5.41, 5.74) is 10.3. The fraction of sp³-hybridized carbons (Fsp3) is 0.217. The Labute approximate surface area is 289 Å². The van der Waals surface area contributed by atoms with Gasteiger partial charge in [-0.05, 0) is 79.6 Å². The van der Waals surface area contributed by atoms with E-state index in [1.165, 1.54) is 60.9 Å². The molecular weight excluding hydrogens is 597 g/mol. The van der Waals surface area contributed by atoms with Gasteiger partial charge in [-0.25, -0.2) is 9.13 Å². The zero-order valence-electron chi connectivity index (χ0n) is 29.6. The predicted octanol–water partition coefficient (Wildman–Crippen LogP) is 10.0. The highest BCUT2D eigenvalue weighted by molar-refractivity contribution is 6.23. The average Bonchev–Trinajstić information content (AvgIpc) is 3.47. The van der Waals surface area contributed by atoms with E-state index < -0.39 is 5.41 Å². The number of benzene rings is 5. The van der Waals surface area contributed by atoms with Crippen molar-refractivity contribution in [1.29, 1.82) is 0 Å². The Balaban J connectivity index is 1.39. The van der Waals surface area contributed by atoms with E-state index >= 15 is 0 Å². The summed E-state index contributed by atoms with van der Waals surface area (Å²) in [5.74, 6) is 0. The van der Waals surface area contributed by atoms with Gasteiger partial charge in [0.1, 0.15) is 25.3 Å². The molecule has 0 spiro atoms. The van der Waals surface area contributed by atoms with Gasteiger partial charge >= 0.3 is 0 Å². The van der Waals surface area contributed by atoms with Crippen LogP contribution in [0.25, 0.3) is 43.5 Å². The maximum Gasteiger partial charge on any atom is 0.192 e. The lowest BCUT2D eigenvalue weighted by Crippen LogP contribution is -2.49. The first-order valence-electron chi connectivity index (χ1n) is 17.4. The smallest absolute Gasteiger partial charge is 0.192 e. The van der Waals surface area contributed by atoms with Crippen LogP contribution in [0, 0.1) is 13.8 Å². The third-order valence-corrected chi connectivity index (χ3v) is 11.2.